The molecular weight excluding hydrogens is 304 g/mol. The summed E-state index contributed by atoms with van der Waals surface area (Å²) in [6.45, 7) is 3.58. The number of benzene rings is 1. The van der Waals surface area contributed by atoms with Gasteiger partial charge in [-0.05, 0) is 18.6 Å². The molecule has 4 heteroatoms. The molecule has 0 N–H and O–H groups in total. The molecule has 1 aliphatic heterocycles. The SMILES string of the molecule is BrCc1cc2ccccc2nc1N1CCCOCC1. The van der Waals surface area contributed by atoms with Crippen molar-refractivity contribution in [2.45, 2.75) is 11.8 Å². The number of hydrogen-bond donors (Lipinski definition) is 0. The van der Waals surface area contributed by atoms with Gasteiger partial charge in [-0.3, -0.25) is 0 Å². The van der Waals surface area contributed by atoms with Gasteiger partial charge < -0.3 is 9.64 Å². The van der Waals surface area contributed by atoms with Gasteiger partial charge in [-0.15, -0.1) is 0 Å². The van der Waals surface area contributed by atoms with Crippen LogP contribution in [0.3, 0.4) is 0 Å². The maximum Gasteiger partial charge on any atom is 0.133 e. The van der Waals surface area contributed by atoms with E-state index in [1.807, 2.05) is 6.07 Å². The fourth-order valence-corrected chi connectivity index (χ4v) is 2.89. The van der Waals surface area contributed by atoms with E-state index in [0.717, 1.165) is 49.4 Å². The second-order valence-corrected chi connectivity index (χ2v) is 5.31. The van der Waals surface area contributed by atoms with Crippen molar-refractivity contribution in [2.24, 2.45) is 0 Å². The first kappa shape index (κ1) is 12.9. The van der Waals surface area contributed by atoms with E-state index in [-0.39, 0.29) is 0 Å². The summed E-state index contributed by atoms with van der Waals surface area (Å²) in [4.78, 5) is 7.20. The Bertz CT molecular complexity index is 565. The first-order valence-corrected chi connectivity index (χ1v) is 7.78. The molecular formula is C15H17BrN2O. The number of hydrogen-bond acceptors (Lipinski definition) is 3. The summed E-state index contributed by atoms with van der Waals surface area (Å²) in [7, 11) is 0. The van der Waals surface area contributed by atoms with Crippen molar-refractivity contribution < 1.29 is 4.74 Å². The second-order valence-electron chi connectivity index (χ2n) is 4.75. The van der Waals surface area contributed by atoms with Gasteiger partial charge in [0.25, 0.3) is 0 Å². The zero-order valence-corrected chi connectivity index (χ0v) is 12.4. The first-order valence-electron chi connectivity index (χ1n) is 6.66. The lowest BCUT2D eigenvalue weighted by Crippen LogP contribution is -2.27. The fraction of sp³-hybridized carbons (Fsp3) is 0.400. The summed E-state index contributed by atoms with van der Waals surface area (Å²) < 4.78 is 5.53. The predicted octanol–water partition coefficient (Wildman–Crippen LogP) is 3.36. The first-order chi connectivity index (χ1) is 9.38. The van der Waals surface area contributed by atoms with Crippen LogP contribution >= 0.6 is 15.9 Å². The number of aromatic nitrogens is 1. The van der Waals surface area contributed by atoms with Gasteiger partial charge in [-0.25, -0.2) is 4.98 Å². The Morgan fingerprint density at radius 3 is 3.00 bits per heavy atom. The summed E-state index contributed by atoms with van der Waals surface area (Å²) in [5, 5.41) is 2.03. The molecule has 0 atom stereocenters. The van der Waals surface area contributed by atoms with Crippen molar-refractivity contribution in [3.8, 4) is 0 Å². The Balaban J connectivity index is 2.04. The average Bonchev–Trinajstić information content (AvgIpc) is 2.74. The van der Waals surface area contributed by atoms with Crippen LogP contribution in [0.2, 0.25) is 0 Å². The third-order valence-corrected chi connectivity index (χ3v) is 4.05. The third-order valence-electron chi connectivity index (χ3n) is 3.45. The van der Waals surface area contributed by atoms with Crippen LogP contribution in [0, 0.1) is 0 Å². The van der Waals surface area contributed by atoms with Crippen LogP contribution in [-0.4, -0.2) is 31.3 Å². The average molecular weight is 321 g/mol. The van der Waals surface area contributed by atoms with E-state index >= 15 is 0 Å². The van der Waals surface area contributed by atoms with Gasteiger partial charge in [0.1, 0.15) is 5.82 Å². The molecule has 2 heterocycles. The highest BCUT2D eigenvalue weighted by molar-refractivity contribution is 9.08. The molecule has 0 spiro atoms. The lowest BCUT2D eigenvalue weighted by molar-refractivity contribution is 0.152. The van der Waals surface area contributed by atoms with Crippen molar-refractivity contribution in [3.05, 3.63) is 35.9 Å². The molecule has 3 rings (SSSR count). The standard InChI is InChI=1S/C15H17BrN2O/c16-11-13-10-12-4-1-2-5-14(12)17-15(13)18-6-3-8-19-9-7-18/h1-2,4-5,10H,3,6-9,11H2. The zero-order chi connectivity index (χ0) is 13.1. The molecule has 1 fully saturated rings. The van der Waals surface area contributed by atoms with E-state index in [1.165, 1.54) is 10.9 Å². The molecule has 0 unspecified atom stereocenters. The summed E-state index contributed by atoms with van der Waals surface area (Å²) in [5.74, 6) is 1.10. The number of rotatable bonds is 2. The Kier molecular flexibility index (Phi) is 3.99. The van der Waals surface area contributed by atoms with Crippen LogP contribution in [-0.2, 0) is 10.1 Å². The van der Waals surface area contributed by atoms with Crippen LogP contribution in [0.25, 0.3) is 10.9 Å². The number of alkyl halides is 1. The number of anilines is 1. The van der Waals surface area contributed by atoms with Gasteiger partial charge in [0, 0.05) is 36.0 Å². The number of nitrogens with zero attached hydrogens (tertiary/aromatic N) is 2. The molecule has 0 saturated carbocycles. The van der Waals surface area contributed by atoms with Crippen LogP contribution in [0.4, 0.5) is 5.82 Å². The van der Waals surface area contributed by atoms with Gasteiger partial charge in [0.2, 0.25) is 0 Å². The molecule has 1 saturated heterocycles. The van der Waals surface area contributed by atoms with Crippen molar-refractivity contribution >= 4 is 32.7 Å². The summed E-state index contributed by atoms with van der Waals surface area (Å²) in [6.07, 6.45) is 1.07. The maximum absolute atomic E-state index is 5.53. The van der Waals surface area contributed by atoms with Gasteiger partial charge in [-0.2, -0.15) is 0 Å². The van der Waals surface area contributed by atoms with Crippen molar-refractivity contribution in [2.75, 3.05) is 31.2 Å². The highest BCUT2D eigenvalue weighted by atomic mass is 79.9. The Morgan fingerprint density at radius 2 is 2.11 bits per heavy atom. The molecule has 1 aromatic heterocycles. The molecule has 0 amide bonds. The summed E-state index contributed by atoms with van der Waals surface area (Å²) >= 11 is 3.58. The Labute approximate surface area is 121 Å². The number of pyridine rings is 1. The summed E-state index contributed by atoms with van der Waals surface area (Å²) in [5.41, 5.74) is 2.31. The minimum Gasteiger partial charge on any atom is -0.380 e. The van der Waals surface area contributed by atoms with Crippen molar-refractivity contribution in [3.63, 3.8) is 0 Å². The van der Waals surface area contributed by atoms with Crippen molar-refractivity contribution in [1.82, 2.24) is 4.98 Å². The monoisotopic (exact) mass is 320 g/mol. The van der Waals surface area contributed by atoms with E-state index < -0.39 is 0 Å². The molecule has 1 aliphatic rings. The Morgan fingerprint density at radius 1 is 1.21 bits per heavy atom. The lowest BCUT2D eigenvalue weighted by atomic mass is 10.1. The third kappa shape index (κ3) is 2.74. The topological polar surface area (TPSA) is 25.4 Å². The lowest BCUT2D eigenvalue weighted by Gasteiger charge is -2.23. The van der Waals surface area contributed by atoms with Gasteiger partial charge in [-0.1, -0.05) is 34.1 Å². The molecule has 0 aliphatic carbocycles. The molecule has 2 aromatic rings. The molecule has 19 heavy (non-hydrogen) atoms. The van der Waals surface area contributed by atoms with Gasteiger partial charge >= 0.3 is 0 Å². The number of ether oxygens (including phenoxy) is 1. The fourth-order valence-electron chi connectivity index (χ4n) is 2.48. The maximum atomic E-state index is 5.53. The molecule has 1 aromatic carbocycles. The smallest absolute Gasteiger partial charge is 0.133 e. The number of fused-ring (bicyclic) bond motifs is 1. The summed E-state index contributed by atoms with van der Waals surface area (Å²) in [6, 6.07) is 10.5. The van der Waals surface area contributed by atoms with Crippen molar-refractivity contribution in [1.29, 1.82) is 0 Å². The van der Waals surface area contributed by atoms with E-state index in [4.69, 9.17) is 9.72 Å². The minimum atomic E-state index is 0.788. The molecule has 0 radical (unpaired) electrons. The quantitative estimate of drug-likeness (QED) is 0.793. The van der Waals surface area contributed by atoms with Crippen LogP contribution in [0.5, 0.6) is 0 Å². The number of para-hydroxylation sites is 1. The van der Waals surface area contributed by atoms with E-state index in [1.54, 1.807) is 0 Å². The van der Waals surface area contributed by atoms with Gasteiger partial charge in [0.15, 0.2) is 0 Å². The second kappa shape index (κ2) is 5.88. The van der Waals surface area contributed by atoms with Gasteiger partial charge in [0.05, 0.1) is 12.1 Å². The molecule has 100 valence electrons. The zero-order valence-electron chi connectivity index (χ0n) is 10.8. The Hall–Kier alpha value is -1.13. The molecule has 3 nitrogen and oxygen atoms in total. The van der Waals surface area contributed by atoms with Crippen LogP contribution in [0.1, 0.15) is 12.0 Å². The number of halogens is 1. The normalized spacial score (nSPS) is 16.6. The van der Waals surface area contributed by atoms with E-state index in [0.29, 0.717) is 0 Å². The molecule has 0 bridgehead atoms. The van der Waals surface area contributed by atoms with E-state index in [2.05, 4.69) is 45.1 Å². The van der Waals surface area contributed by atoms with Crippen LogP contribution < -0.4 is 4.90 Å². The largest absolute Gasteiger partial charge is 0.380 e. The van der Waals surface area contributed by atoms with Crippen LogP contribution in [0.15, 0.2) is 30.3 Å². The highest BCUT2D eigenvalue weighted by Gasteiger charge is 2.15. The minimum absolute atomic E-state index is 0.788. The highest BCUT2D eigenvalue weighted by Crippen LogP contribution is 2.26. The van der Waals surface area contributed by atoms with E-state index in [9.17, 15) is 0 Å². The predicted molar refractivity (Wildman–Crippen MR) is 82.0 cm³/mol.